The summed E-state index contributed by atoms with van der Waals surface area (Å²) in [6.07, 6.45) is 15.1. The zero-order valence-corrected chi connectivity index (χ0v) is 34.7. The molecular formula is C44H61ClN4O5S. The van der Waals surface area contributed by atoms with Crippen LogP contribution in [-0.2, 0) is 26.6 Å². The summed E-state index contributed by atoms with van der Waals surface area (Å²) in [6.45, 7) is 13.9. The van der Waals surface area contributed by atoms with Gasteiger partial charge in [0.2, 0.25) is 10.0 Å². The van der Waals surface area contributed by atoms with Crippen molar-refractivity contribution in [1.82, 2.24) is 14.5 Å². The molecule has 2 bridgehead atoms. The maximum absolute atomic E-state index is 13.7. The number of ether oxygens (including phenoxy) is 2. The minimum absolute atomic E-state index is 0.207. The van der Waals surface area contributed by atoms with Crippen LogP contribution in [0.1, 0.15) is 100 Å². The number of piperazine rings is 1. The fraction of sp³-hybridized carbons (Fsp3) is 0.659. The van der Waals surface area contributed by atoms with Gasteiger partial charge in [0.15, 0.2) is 0 Å². The molecule has 3 fully saturated rings. The van der Waals surface area contributed by atoms with Crippen molar-refractivity contribution in [3.8, 4) is 5.75 Å². The Labute approximate surface area is 334 Å². The number of nitrogens with zero attached hydrogens (tertiary/aromatic N) is 3. The van der Waals surface area contributed by atoms with Crippen LogP contribution in [0.25, 0.3) is 0 Å². The van der Waals surface area contributed by atoms with Crippen molar-refractivity contribution in [2.24, 2.45) is 17.8 Å². The highest BCUT2D eigenvalue weighted by atomic mass is 35.5. The molecule has 1 saturated carbocycles. The quantitative estimate of drug-likeness (QED) is 0.318. The molecule has 300 valence electrons. The standard InChI is InChI=1S/C44H61ClN4O5S/c1-4-23-54-44(29-47-21-22-48-20-6-5-11-37(48)27-47)19-7-9-31(2)32(3)55(51,52)46-42(50)34-13-17-41-40(25-34)49(26-35-12-15-39(35)44)28-43(30-53-41)18-8-10-33-24-36(45)14-16-38(33)43/h7,13-14,16-17,19,24-25,31-32,35,37,39H,4-6,8-12,15,18,20-23,26-30H2,1-3H3,(H,46,50)/b19-7-/t31-,32+,35-,37+,39+,43-,44-/m0/s1. The molecule has 4 aliphatic heterocycles. The second-order valence-electron chi connectivity index (χ2n) is 17.8. The number of anilines is 1. The third-order valence-electron chi connectivity index (χ3n) is 14.2. The van der Waals surface area contributed by atoms with Gasteiger partial charge in [-0.1, -0.05) is 50.1 Å². The highest BCUT2D eigenvalue weighted by Gasteiger charge is 2.50. The van der Waals surface area contributed by atoms with Crippen LogP contribution >= 0.6 is 11.6 Å². The van der Waals surface area contributed by atoms with Crippen molar-refractivity contribution >= 4 is 33.2 Å². The van der Waals surface area contributed by atoms with E-state index in [0.717, 1.165) is 94.3 Å². The first-order valence-electron chi connectivity index (χ1n) is 21.1. The van der Waals surface area contributed by atoms with Gasteiger partial charge in [0.25, 0.3) is 5.91 Å². The molecule has 9 nitrogen and oxygen atoms in total. The minimum Gasteiger partial charge on any atom is -0.490 e. The van der Waals surface area contributed by atoms with Gasteiger partial charge in [0, 0.05) is 67.9 Å². The number of allylic oxidation sites excluding steroid dienone is 1. The number of fused-ring (bicyclic) bond motifs is 5. The summed E-state index contributed by atoms with van der Waals surface area (Å²) in [5.41, 5.74) is 3.00. The first-order chi connectivity index (χ1) is 26.5. The smallest absolute Gasteiger partial charge is 0.264 e. The molecule has 7 atom stereocenters. The van der Waals surface area contributed by atoms with Crippen LogP contribution in [0.15, 0.2) is 48.6 Å². The fourth-order valence-corrected chi connectivity index (χ4v) is 12.2. The van der Waals surface area contributed by atoms with Crippen molar-refractivity contribution in [3.05, 3.63) is 70.3 Å². The second kappa shape index (κ2) is 16.0. The van der Waals surface area contributed by atoms with E-state index < -0.39 is 26.8 Å². The lowest BCUT2D eigenvalue weighted by Gasteiger charge is -2.53. The molecule has 8 rings (SSSR count). The van der Waals surface area contributed by atoms with E-state index in [0.29, 0.717) is 37.2 Å². The van der Waals surface area contributed by atoms with Crippen LogP contribution in [0.4, 0.5) is 5.69 Å². The number of halogens is 1. The summed E-state index contributed by atoms with van der Waals surface area (Å²) in [5, 5.41) is -0.0113. The van der Waals surface area contributed by atoms with Gasteiger partial charge in [-0.15, -0.1) is 0 Å². The molecule has 2 saturated heterocycles. The summed E-state index contributed by atoms with van der Waals surface area (Å²) in [6, 6.07) is 12.4. The molecule has 0 aromatic heterocycles. The van der Waals surface area contributed by atoms with Crippen LogP contribution in [0.2, 0.25) is 5.02 Å². The number of amides is 1. The monoisotopic (exact) mass is 792 g/mol. The van der Waals surface area contributed by atoms with E-state index in [-0.39, 0.29) is 17.3 Å². The Kier molecular flexibility index (Phi) is 11.4. The van der Waals surface area contributed by atoms with E-state index in [1.807, 2.05) is 25.1 Å². The molecule has 11 heteroatoms. The number of rotatable bonds is 5. The van der Waals surface area contributed by atoms with Gasteiger partial charge < -0.3 is 14.4 Å². The van der Waals surface area contributed by atoms with Crippen LogP contribution in [0.5, 0.6) is 5.75 Å². The molecule has 0 unspecified atom stereocenters. The van der Waals surface area contributed by atoms with Gasteiger partial charge >= 0.3 is 0 Å². The number of benzene rings is 2. The van der Waals surface area contributed by atoms with E-state index in [1.54, 1.807) is 13.0 Å². The highest BCUT2D eigenvalue weighted by Crippen LogP contribution is 2.49. The molecule has 55 heavy (non-hydrogen) atoms. The lowest BCUT2D eigenvalue weighted by Crippen LogP contribution is -2.61. The SMILES string of the molecule is CCCO[C@]1(CN2CCN3CCCC[C@@H]3C2)/C=C\C[C@H](C)[C@@H](C)S(=O)(=O)NC(=O)c2ccc3c(c2)N(C[C@@H]2CC[C@H]21)C[C@@]1(CCCc2cc(Cl)ccc21)CO3. The Morgan fingerprint density at radius 3 is 2.71 bits per heavy atom. The number of aryl methyl sites for hydroxylation is 1. The summed E-state index contributed by atoms with van der Waals surface area (Å²) in [5.74, 6) is 0.566. The highest BCUT2D eigenvalue weighted by molar-refractivity contribution is 7.90. The van der Waals surface area contributed by atoms with Crippen molar-refractivity contribution in [3.63, 3.8) is 0 Å². The van der Waals surface area contributed by atoms with Crippen LogP contribution in [0.3, 0.4) is 0 Å². The number of hydrogen-bond donors (Lipinski definition) is 1. The van der Waals surface area contributed by atoms with Gasteiger partial charge in [-0.3, -0.25) is 14.6 Å². The molecular weight excluding hydrogens is 732 g/mol. The third-order valence-corrected chi connectivity index (χ3v) is 16.3. The van der Waals surface area contributed by atoms with Gasteiger partial charge in [-0.05, 0) is 130 Å². The average molecular weight is 794 g/mol. The molecule has 1 N–H and O–H groups in total. The van der Waals surface area contributed by atoms with E-state index in [1.165, 1.54) is 36.9 Å². The molecule has 1 spiro atoms. The number of carbonyl (C=O) groups excluding carboxylic acids is 1. The lowest BCUT2D eigenvalue weighted by molar-refractivity contribution is -0.119. The molecule has 2 aromatic carbocycles. The minimum atomic E-state index is -3.96. The van der Waals surface area contributed by atoms with Crippen molar-refractivity contribution in [2.45, 2.75) is 107 Å². The zero-order chi connectivity index (χ0) is 38.4. The summed E-state index contributed by atoms with van der Waals surface area (Å²) >= 11 is 6.54. The third kappa shape index (κ3) is 7.84. The number of nitrogens with one attached hydrogen (secondary N) is 1. The number of sulfonamides is 1. The second-order valence-corrected chi connectivity index (χ2v) is 20.2. The van der Waals surface area contributed by atoms with E-state index in [9.17, 15) is 13.2 Å². The Morgan fingerprint density at radius 1 is 1.02 bits per heavy atom. The van der Waals surface area contributed by atoms with Gasteiger partial charge in [0.1, 0.15) is 11.4 Å². The van der Waals surface area contributed by atoms with E-state index >= 15 is 0 Å². The van der Waals surface area contributed by atoms with Gasteiger partial charge in [0.05, 0.1) is 17.5 Å². The summed E-state index contributed by atoms with van der Waals surface area (Å²) < 4.78 is 43.8. The van der Waals surface area contributed by atoms with Crippen LogP contribution < -0.4 is 14.4 Å². The molecule has 6 aliphatic rings. The zero-order valence-electron chi connectivity index (χ0n) is 33.1. The van der Waals surface area contributed by atoms with Crippen molar-refractivity contribution in [2.75, 3.05) is 63.9 Å². The van der Waals surface area contributed by atoms with Crippen LogP contribution in [0, 0.1) is 17.8 Å². The lowest BCUT2D eigenvalue weighted by atomic mass is 9.63. The Morgan fingerprint density at radius 2 is 1.89 bits per heavy atom. The maximum Gasteiger partial charge on any atom is 0.264 e. The fourth-order valence-electron chi connectivity index (χ4n) is 10.7. The van der Waals surface area contributed by atoms with Gasteiger partial charge in [-0.25, -0.2) is 13.1 Å². The number of carbonyl (C=O) groups is 1. The van der Waals surface area contributed by atoms with Gasteiger partial charge in [-0.2, -0.15) is 0 Å². The Balaban J connectivity index is 1.20. The maximum atomic E-state index is 13.7. The first kappa shape index (κ1) is 39.2. The van der Waals surface area contributed by atoms with Crippen LogP contribution in [-0.4, -0.2) is 100 Å². The predicted octanol–water partition coefficient (Wildman–Crippen LogP) is 7.22. The normalized spacial score (nSPS) is 34.6. The Hall–Kier alpha value is -2.63. The van der Waals surface area contributed by atoms with E-state index in [4.69, 9.17) is 21.1 Å². The first-order valence-corrected chi connectivity index (χ1v) is 23.1. The molecule has 2 aromatic rings. The molecule has 2 aliphatic carbocycles. The Bertz CT molecular complexity index is 1870. The summed E-state index contributed by atoms with van der Waals surface area (Å²) in [4.78, 5) is 21.6. The van der Waals surface area contributed by atoms with Crippen molar-refractivity contribution in [1.29, 1.82) is 0 Å². The largest absolute Gasteiger partial charge is 0.490 e. The molecule has 1 amide bonds. The van der Waals surface area contributed by atoms with E-state index in [2.05, 4.69) is 50.6 Å². The molecule has 0 radical (unpaired) electrons. The number of hydrogen-bond acceptors (Lipinski definition) is 8. The molecule has 4 heterocycles. The topological polar surface area (TPSA) is 91.4 Å². The average Bonchev–Trinajstić information content (AvgIpc) is 3.31. The number of piperidine rings is 1. The van der Waals surface area contributed by atoms with Crippen molar-refractivity contribution < 1.29 is 22.7 Å². The predicted molar refractivity (Wildman–Crippen MR) is 220 cm³/mol. The summed E-state index contributed by atoms with van der Waals surface area (Å²) in [7, 11) is -3.96.